The lowest BCUT2D eigenvalue weighted by molar-refractivity contribution is 1.07. The van der Waals surface area contributed by atoms with Crippen molar-refractivity contribution in [3.8, 4) is 125 Å². The summed E-state index contributed by atoms with van der Waals surface area (Å²) in [6.07, 6.45) is 0. The van der Waals surface area contributed by atoms with Gasteiger partial charge in [0.1, 0.15) is 0 Å². The second kappa shape index (κ2) is 34.0. The first-order valence-electron chi connectivity index (χ1n) is 46.2. The highest BCUT2D eigenvalue weighted by molar-refractivity contribution is 7.29. The molecule has 19 aromatic carbocycles. The minimum absolute atomic E-state index is 0.651. The van der Waals surface area contributed by atoms with Gasteiger partial charge in [0.05, 0.1) is 0 Å². The molecule has 11 heterocycles. The molecule has 0 bridgehead atoms. The van der Waals surface area contributed by atoms with Gasteiger partial charge in [0.2, 0.25) is 0 Å². The van der Waals surface area contributed by atoms with E-state index in [1.807, 2.05) is 110 Å². The van der Waals surface area contributed by atoms with Crippen LogP contribution in [0.3, 0.4) is 0 Å². The third-order valence-electron chi connectivity index (χ3n) is 26.5. The lowest BCUT2D eigenvalue weighted by atomic mass is 9.98. The lowest BCUT2D eigenvalue weighted by Gasteiger charge is -2.11. The van der Waals surface area contributed by atoms with E-state index in [1.165, 1.54) is 184 Å². The number of hydrogen-bond donors (Lipinski definition) is 0. The highest BCUT2D eigenvalue weighted by Gasteiger charge is 2.27. The van der Waals surface area contributed by atoms with Crippen LogP contribution in [0.15, 0.2) is 419 Å². The van der Waals surface area contributed by atoms with E-state index in [0.29, 0.717) is 52.4 Å². The van der Waals surface area contributed by atoms with Crippen LogP contribution < -0.4 is 0 Å². The molecule has 30 aromatic rings. The van der Waals surface area contributed by atoms with Crippen molar-refractivity contribution in [2.45, 2.75) is 0 Å². The van der Waals surface area contributed by atoms with Crippen LogP contribution in [-0.2, 0) is 0 Å². The number of nitrogens with zero attached hydrogens (tertiary/aromatic N) is 9. The SMILES string of the molecule is c1ccc(-c2nc(-c3ccc(-c4cccc5sc6ccccc6c45)cc3)nc(-c3ccc(-c4cccc5sc6ccccc6c45)cc3)n2)cc1.c1ccc2c(c1)sc1c(-c3nc(-c4cccc5sc6ccccc6c45)nc(-c4cccc5sc6ccccc6c45)n3)cccc12.c1ccc2c(c1)sc1cccc(-c3nc(-c4cccc5sc6ccccc6c45)nc(-c4cccc5sc6ccccc6c45)n3)c12. The minimum Gasteiger partial charge on any atom is -0.208 e. The summed E-state index contributed by atoms with van der Waals surface area (Å²) in [6, 6.07) is 148. The molecule has 0 radical (unpaired) electrons. The Morgan fingerprint density at radius 1 is 0.107 bits per heavy atom. The Bertz CT molecular complexity index is 9640. The summed E-state index contributed by atoms with van der Waals surface area (Å²) in [4.78, 5) is 46.7. The van der Waals surface area contributed by atoms with Crippen LogP contribution in [0.1, 0.15) is 0 Å². The molecule has 11 aromatic heterocycles. The van der Waals surface area contributed by atoms with Crippen LogP contribution >= 0.6 is 90.7 Å². The molecule has 0 aliphatic rings. The van der Waals surface area contributed by atoms with E-state index in [0.717, 1.165) is 50.1 Å². The van der Waals surface area contributed by atoms with Gasteiger partial charge in [-0.1, -0.05) is 322 Å². The third kappa shape index (κ3) is 14.1. The Balaban J connectivity index is 0.000000103. The predicted octanol–water partition coefficient (Wildman–Crippen LogP) is 36.9. The molecule has 9 nitrogen and oxygen atoms in total. The lowest BCUT2D eigenvalue weighted by Crippen LogP contribution is -2.01. The largest absolute Gasteiger partial charge is 0.208 e. The molecule has 0 saturated heterocycles. The highest BCUT2D eigenvalue weighted by Crippen LogP contribution is 2.51. The van der Waals surface area contributed by atoms with E-state index in [9.17, 15) is 0 Å². The molecule has 140 heavy (non-hydrogen) atoms. The van der Waals surface area contributed by atoms with Crippen molar-refractivity contribution in [1.82, 2.24) is 44.9 Å². The van der Waals surface area contributed by atoms with Gasteiger partial charge in [-0.25, -0.2) is 44.9 Å². The molecule has 0 N–H and O–H groups in total. The van der Waals surface area contributed by atoms with E-state index < -0.39 is 0 Å². The number of aromatic nitrogens is 9. The molecule has 0 aliphatic carbocycles. The maximum absolute atomic E-state index is 5.29. The normalized spacial score (nSPS) is 11.9. The van der Waals surface area contributed by atoms with E-state index in [-0.39, 0.29) is 0 Å². The fourth-order valence-electron chi connectivity index (χ4n) is 20.2. The Labute approximate surface area is 832 Å². The summed E-state index contributed by atoms with van der Waals surface area (Å²) >= 11 is 14.5. The molecular weight excluding hydrogens is 1860 g/mol. The molecular formula is C123H69N9S8. The molecule has 30 rings (SSSR count). The van der Waals surface area contributed by atoms with Crippen LogP contribution in [0.25, 0.3) is 286 Å². The number of rotatable bonds is 11. The monoisotopic (exact) mass is 1930 g/mol. The van der Waals surface area contributed by atoms with Crippen molar-refractivity contribution >= 4 is 252 Å². The first-order valence-corrected chi connectivity index (χ1v) is 52.7. The van der Waals surface area contributed by atoms with Crippen molar-refractivity contribution in [2.75, 3.05) is 0 Å². The molecule has 0 unspecified atom stereocenters. The smallest absolute Gasteiger partial charge is 0.165 e. The van der Waals surface area contributed by atoms with E-state index in [2.05, 4.69) is 388 Å². The Morgan fingerprint density at radius 3 is 0.564 bits per heavy atom. The Morgan fingerprint density at radius 2 is 0.286 bits per heavy atom. The standard InChI is InChI=1S/C45H27N3S2.2C39H21N3S3/c1-2-10-30(11-3-1)43-46-44(31-24-20-28(21-25-31)33-14-8-18-39-41(33)35-12-4-6-16-37(35)49-39)48-45(47-43)32-26-22-29(23-27-32)34-15-9-19-40-42(34)36-13-5-7-17-38(36)50-40;1-4-17-29-22(10-1)23-13-7-16-28(36(23)45-29)39-41-37(26-14-8-20-32-34(26)24-11-2-5-18-30(24)43-32)40-38(42-39)27-15-9-21-33-35(27)25-12-3-6-19-31(25)44-33;1-4-16-28-22(10-1)34-25(13-7-19-31(34)43-28)37-40-38(26-14-8-20-32-35(26)23-11-2-5-17-29(23)44-32)42-39(41-37)27-15-9-21-33-36(27)24-12-3-6-18-30(24)45-33/h1-27H;2*1-21H. The van der Waals surface area contributed by atoms with Gasteiger partial charge in [-0.3, -0.25) is 0 Å². The summed E-state index contributed by atoms with van der Waals surface area (Å²) in [5.41, 5.74) is 13.8. The van der Waals surface area contributed by atoms with E-state index in [1.54, 1.807) is 11.3 Å². The maximum atomic E-state index is 5.29. The van der Waals surface area contributed by atoms with Gasteiger partial charge in [0, 0.05) is 211 Å². The molecule has 0 fully saturated rings. The molecule has 17 heteroatoms. The third-order valence-corrected chi connectivity index (χ3v) is 35.7. The summed E-state index contributed by atoms with van der Waals surface area (Å²) in [6.45, 7) is 0. The number of hydrogen-bond acceptors (Lipinski definition) is 17. The quantitative estimate of drug-likeness (QED) is 0.125. The fourth-order valence-corrected chi connectivity index (χ4v) is 29.3. The first-order chi connectivity index (χ1) is 69.4. The van der Waals surface area contributed by atoms with E-state index >= 15 is 0 Å². The Kier molecular flexibility index (Phi) is 20.0. The average Bonchev–Trinajstić information content (AvgIpc) is 1.52. The van der Waals surface area contributed by atoms with Crippen LogP contribution in [0.4, 0.5) is 0 Å². The fraction of sp³-hybridized carbons (Fsp3) is 0. The van der Waals surface area contributed by atoms with Crippen molar-refractivity contribution in [3.05, 3.63) is 419 Å². The zero-order valence-electron chi connectivity index (χ0n) is 74.1. The van der Waals surface area contributed by atoms with Crippen molar-refractivity contribution in [1.29, 1.82) is 0 Å². The second-order valence-corrected chi connectivity index (χ2v) is 43.3. The van der Waals surface area contributed by atoms with Crippen molar-refractivity contribution < 1.29 is 0 Å². The zero-order valence-corrected chi connectivity index (χ0v) is 80.7. The van der Waals surface area contributed by atoms with Gasteiger partial charge >= 0.3 is 0 Å². The average molecular weight is 1930 g/mol. The van der Waals surface area contributed by atoms with Crippen LogP contribution in [0.5, 0.6) is 0 Å². The van der Waals surface area contributed by atoms with Gasteiger partial charge in [-0.05, 0) is 119 Å². The number of thiophene rings is 8. The molecule has 0 aliphatic heterocycles. The minimum atomic E-state index is 0.651. The topological polar surface area (TPSA) is 116 Å². The van der Waals surface area contributed by atoms with Gasteiger partial charge in [-0.15, -0.1) is 90.7 Å². The summed E-state index contributed by atoms with van der Waals surface area (Å²) in [7, 11) is 0. The molecule has 0 saturated carbocycles. The van der Waals surface area contributed by atoms with Gasteiger partial charge in [0.25, 0.3) is 0 Å². The molecule has 0 amide bonds. The maximum Gasteiger partial charge on any atom is 0.165 e. The van der Waals surface area contributed by atoms with Gasteiger partial charge in [0.15, 0.2) is 52.4 Å². The predicted molar refractivity (Wildman–Crippen MR) is 602 cm³/mol. The van der Waals surface area contributed by atoms with Crippen LogP contribution in [0, 0.1) is 0 Å². The van der Waals surface area contributed by atoms with Crippen LogP contribution in [-0.4, -0.2) is 44.9 Å². The van der Waals surface area contributed by atoms with Crippen molar-refractivity contribution in [2.24, 2.45) is 0 Å². The Hall–Kier alpha value is -16.0. The number of benzene rings is 19. The van der Waals surface area contributed by atoms with Crippen LogP contribution in [0.2, 0.25) is 0 Å². The van der Waals surface area contributed by atoms with Gasteiger partial charge < -0.3 is 0 Å². The molecule has 0 atom stereocenters. The summed E-state index contributed by atoms with van der Waals surface area (Å²) in [5.74, 6) is 6.11. The summed E-state index contributed by atoms with van der Waals surface area (Å²) in [5, 5.41) is 19.8. The van der Waals surface area contributed by atoms with E-state index in [4.69, 9.17) is 44.9 Å². The number of fused-ring (bicyclic) bond motifs is 24. The summed E-state index contributed by atoms with van der Waals surface area (Å²) < 4.78 is 20.1. The molecule has 654 valence electrons. The zero-order chi connectivity index (χ0) is 92.0. The highest BCUT2D eigenvalue weighted by atomic mass is 32.1. The molecule has 0 spiro atoms. The van der Waals surface area contributed by atoms with Gasteiger partial charge in [-0.2, -0.15) is 0 Å². The second-order valence-electron chi connectivity index (χ2n) is 34.7. The first kappa shape index (κ1) is 82.2. The van der Waals surface area contributed by atoms with Crippen molar-refractivity contribution in [3.63, 3.8) is 0 Å².